The predicted octanol–water partition coefficient (Wildman–Crippen LogP) is 1.96. The third-order valence-corrected chi connectivity index (χ3v) is 2.51. The second-order valence-corrected chi connectivity index (χ2v) is 3.81. The molecule has 0 aliphatic carbocycles. The summed E-state index contributed by atoms with van der Waals surface area (Å²) in [5.74, 6) is -2.74. The van der Waals surface area contributed by atoms with E-state index in [1.54, 1.807) is 0 Å². The van der Waals surface area contributed by atoms with Crippen LogP contribution in [-0.2, 0) is 16.0 Å². The van der Waals surface area contributed by atoms with Crippen LogP contribution in [0.25, 0.3) is 0 Å². The van der Waals surface area contributed by atoms with E-state index in [2.05, 4.69) is 6.58 Å². The summed E-state index contributed by atoms with van der Waals surface area (Å²) in [5, 5.41) is 17.6. The van der Waals surface area contributed by atoms with Gasteiger partial charge in [-0.05, 0) is 12.0 Å². The van der Waals surface area contributed by atoms with E-state index in [1.165, 1.54) is 0 Å². The van der Waals surface area contributed by atoms with Crippen molar-refractivity contribution in [3.63, 3.8) is 0 Å². The maximum Gasteiger partial charge on any atom is 0.331 e. The highest BCUT2D eigenvalue weighted by Crippen LogP contribution is 2.20. The van der Waals surface area contributed by atoms with Crippen LogP contribution in [0.5, 0.6) is 0 Å². The first-order valence-corrected chi connectivity index (χ1v) is 5.18. The predicted molar refractivity (Wildman–Crippen MR) is 62.7 cm³/mol. The SMILES string of the molecule is C=C(C(=O)O)C(CC(=O)O)Cc1ccccc1. The zero-order chi connectivity index (χ0) is 12.8. The molecule has 0 radical (unpaired) electrons. The molecule has 1 aromatic carbocycles. The van der Waals surface area contributed by atoms with Gasteiger partial charge in [-0.15, -0.1) is 0 Å². The van der Waals surface area contributed by atoms with Crippen LogP contribution in [0.15, 0.2) is 42.5 Å². The fourth-order valence-electron chi connectivity index (χ4n) is 1.60. The van der Waals surface area contributed by atoms with Gasteiger partial charge in [-0.2, -0.15) is 0 Å². The molecule has 0 spiro atoms. The van der Waals surface area contributed by atoms with Gasteiger partial charge < -0.3 is 10.2 Å². The minimum Gasteiger partial charge on any atom is -0.481 e. The van der Waals surface area contributed by atoms with Gasteiger partial charge in [0.05, 0.1) is 6.42 Å². The van der Waals surface area contributed by atoms with Crippen LogP contribution in [0.3, 0.4) is 0 Å². The number of carboxylic acids is 2. The third kappa shape index (κ3) is 4.10. The second-order valence-electron chi connectivity index (χ2n) is 3.81. The van der Waals surface area contributed by atoms with E-state index >= 15 is 0 Å². The first-order chi connectivity index (χ1) is 8.00. The summed E-state index contributed by atoms with van der Waals surface area (Å²) in [5.41, 5.74) is 0.845. The Kier molecular flexibility index (Phi) is 4.46. The first kappa shape index (κ1) is 13.0. The third-order valence-electron chi connectivity index (χ3n) is 2.51. The van der Waals surface area contributed by atoms with Crippen LogP contribution in [0, 0.1) is 5.92 Å². The van der Waals surface area contributed by atoms with Crippen LogP contribution in [0.4, 0.5) is 0 Å². The molecule has 0 fully saturated rings. The van der Waals surface area contributed by atoms with E-state index in [4.69, 9.17) is 10.2 Å². The molecular formula is C13H14O4. The quantitative estimate of drug-likeness (QED) is 0.738. The lowest BCUT2D eigenvalue weighted by molar-refractivity contribution is -0.138. The van der Waals surface area contributed by atoms with Gasteiger partial charge in [-0.1, -0.05) is 36.9 Å². The Morgan fingerprint density at radius 3 is 2.24 bits per heavy atom. The number of hydrogen-bond acceptors (Lipinski definition) is 2. The maximum absolute atomic E-state index is 10.8. The van der Waals surface area contributed by atoms with Crippen LogP contribution in [0.2, 0.25) is 0 Å². The summed E-state index contributed by atoms with van der Waals surface area (Å²) in [6.45, 7) is 3.44. The Labute approximate surface area is 99.2 Å². The molecule has 1 rings (SSSR count). The molecule has 0 heterocycles. The minimum atomic E-state index is -1.15. The van der Waals surface area contributed by atoms with Crippen molar-refractivity contribution in [3.05, 3.63) is 48.0 Å². The van der Waals surface area contributed by atoms with Crippen LogP contribution < -0.4 is 0 Å². The van der Waals surface area contributed by atoms with Crippen LogP contribution >= 0.6 is 0 Å². The highest BCUT2D eigenvalue weighted by Gasteiger charge is 2.21. The normalized spacial score (nSPS) is 11.8. The molecule has 0 aromatic heterocycles. The first-order valence-electron chi connectivity index (χ1n) is 5.18. The topological polar surface area (TPSA) is 74.6 Å². The zero-order valence-electron chi connectivity index (χ0n) is 9.30. The van der Waals surface area contributed by atoms with Crippen molar-refractivity contribution in [3.8, 4) is 0 Å². The van der Waals surface area contributed by atoms with E-state index in [0.717, 1.165) is 5.56 Å². The van der Waals surface area contributed by atoms with Crippen molar-refractivity contribution in [1.29, 1.82) is 0 Å². The summed E-state index contributed by atoms with van der Waals surface area (Å²) in [6, 6.07) is 9.18. The molecule has 4 heteroatoms. The molecule has 0 saturated carbocycles. The van der Waals surface area contributed by atoms with Crippen molar-refractivity contribution in [2.75, 3.05) is 0 Å². The molecule has 1 unspecified atom stereocenters. The largest absolute Gasteiger partial charge is 0.481 e. The lowest BCUT2D eigenvalue weighted by atomic mass is 9.90. The van der Waals surface area contributed by atoms with Gasteiger partial charge in [0.25, 0.3) is 0 Å². The van der Waals surface area contributed by atoms with Crippen LogP contribution in [-0.4, -0.2) is 22.2 Å². The van der Waals surface area contributed by atoms with E-state index < -0.39 is 17.9 Å². The van der Waals surface area contributed by atoms with E-state index in [0.29, 0.717) is 6.42 Å². The molecule has 4 nitrogen and oxygen atoms in total. The molecule has 0 saturated heterocycles. The van der Waals surface area contributed by atoms with E-state index in [1.807, 2.05) is 30.3 Å². The van der Waals surface area contributed by atoms with Gasteiger partial charge in [0.2, 0.25) is 0 Å². The minimum absolute atomic E-state index is 0.0590. The van der Waals surface area contributed by atoms with E-state index in [-0.39, 0.29) is 12.0 Å². The Balaban J connectivity index is 2.81. The van der Waals surface area contributed by atoms with Gasteiger partial charge >= 0.3 is 11.9 Å². The number of benzene rings is 1. The summed E-state index contributed by atoms with van der Waals surface area (Å²) >= 11 is 0. The summed E-state index contributed by atoms with van der Waals surface area (Å²) < 4.78 is 0. The Morgan fingerprint density at radius 2 is 1.76 bits per heavy atom. The number of carbonyl (C=O) groups is 2. The smallest absolute Gasteiger partial charge is 0.331 e. The Morgan fingerprint density at radius 1 is 1.18 bits per heavy atom. The second kappa shape index (κ2) is 5.84. The van der Waals surface area contributed by atoms with Crippen molar-refractivity contribution in [2.45, 2.75) is 12.8 Å². The van der Waals surface area contributed by atoms with Crippen molar-refractivity contribution in [2.24, 2.45) is 5.92 Å². The molecule has 90 valence electrons. The van der Waals surface area contributed by atoms with Crippen LogP contribution in [0.1, 0.15) is 12.0 Å². The molecule has 1 aromatic rings. The molecule has 17 heavy (non-hydrogen) atoms. The van der Waals surface area contributed by atoms with Crippen molar-refractivity contribution < 1.29 is 19.8 Å². The average molecular weight is 234 g/mol. The fraction of sp³-hybridized carbons (Fsp3) is 0.231. The average Bonchev–Trinajstić information content (AvgIpc) is 2.28. The van der Waals surface area contributed by atoms with Gasteiger partial charge in [0.15, 0.2) is 0 Å². The van der Waals surface area contributed by atoms with Gasteiger partial charge in [0, 0.05) is 11.5 Å². The van der Waals surface area contributed by atoms with E-state index in [9.17, 15) is 9.59 Å². The standard InChI is InChI=1S/C13H14O4/c1-9(13(16)17)11(8-12(14)15)7-10-5-3-2-4-6-10/h2-6,11H,1,7-8H2,(H,14,15)(H,16,17). The molecular weight excluding hydrogens is 220 g/mol. The summed E-state index contributed by atoms with van der Waals surface area (Å²) in [6.07, 6.45) is 0.151. The number of rotatable bonds is 6. The maximum atomic E-state index is 10.8. The van der Waals surface area contributed by atoms with Crippen molar-refractivity contribution >= 4 is 11.9 Å². The number of hydrogen-bond donors (Lipinski definition) is 2. The summed E-state index contributed by atoms with van der Waals surface area (Å²) in [7, 11) is 0. The highest BCUT2D eigenvalue weighted by molar-refractivity contribution is 5.87. The number of carboxylic acid groups (broad SMARTS) is 2. The molecule has 0 amide bonds. The number of aliphatic carboxylic acids is 2. The Hall–Kier alpha value is -2.10. The van der Waals surface area contributed by atoms with Gasteiger partial charge in [-0.3, -0.25) is 4.79 Å². The summed E-state index contributed by atoms with van der Waals surface area (Å²) in [4.78, 5) is 21.5. The lowest BCUT2D eigenvalue weighted by Crippen LogP contribution is -2.18. The molecule has 0 aliphatic rings. The highest BCUT2D eigenvalue weighted by atomic mass is 16.4. The fourth-order valence-corrected chi connectivity index (χ4v) is 1.60. The molecule has 1 atom stereocenters. The van der Waals surface area contributed by atoms with Gasteiger partial charge in [0.1, 0.15) is 0 Å². The molecule has 0 aliphatic heterocycles. The van der Waals surface area contributed by atoms with Gasteiger partial charge in [-0.25, -0.2) is 4.79 Å². The zero-order valence-corrected chi connectivity index (χ0v) is 9.30. The van der Waals surface area contributed by atoms with Crippen molar-refractivity contribution in [1.82, 2.24) is 0 Å². The molecule has 0 bridgehead atoms. The molecule has 2 N–H and O–H groups in total. The Bertz CT molecular complexity index is 422. The lowest BCUT2D eigenvalue weighted by Gasteiger charge is -2.14. The monoisotopic (exact) mass is 234 g/mol.